The number of dihydropyridines is 1. The van der Waals surface area contributed by atoms with E-state index in [9.17, 15) is 0 Å². The summed E-state index contributed by atoms with van der Waals surface area (Å²) in [6.07, 6.45) is 22.5. The van der Waals surface area contributed by atoms with Crippen LogP contribution < -0.4 is 5.32 Å². The number of rotatable bonds is 8. The normalized spacial score (nSPS) is 24.6. The molecule has 0 amide bonds. The molecule has 1 heteroatoms. The lowest BCUT2D eigenvalue weighted by Crippen LogP contribution is -2.37. The smallest absolute Gasteiger partial charge is 0.0470 e. The second-order valence-corrected chi connectivity index (χ2v) is 7.69. The van der Waals surface area contributed by atoms with Crippen LogP contribution in [0.2, 0.25) is 0 Å². The molecule has 0 bridgehead atoms. The molecule has 2 rings (SSSR count). The van der Waals surface area contributed by atoms with Crippen LogP contribution in [0.1, 0.15) is 47.0 Å². The lowest BCUT2D eigenvalue weighted by atomic mass is 9.76. The summed E-state index contributed by atoms with van der Waals surface area (Å²) < 4.78 is 0. The standard InChI is InChI=1S/C24H33N/c1-7-9-10-17(3)15-21(8-2)19(5)18(4)20(6)24-14-13-23(16-25-24)22-11-12-22/h2,7,10,13-16,18-20,22,24-25H,1,9,11-12H2,3-6H3/b17-10-,21-15+/t18-,19?,20?,24?/m1/s1. The minimum atomic E-state index is 0.357. The van der Waals surface area contributed by atoms with E-state index in [4.69, 9.17) is 6.42 Å². The van der Waals surface area contributed by atoms with Crippen molar-refractivity contribution in [3.8, 4) is 12.3 Å². The summed E-state index contributed by atoms with van der Waals surface area (Å²) in [5.41, 5.74) is 3.77. The molecule has 1 aliphatic heterocycles. The molecule has 1 nitrogen and oxygen atoms in total. The van der Waals surface area contributed by atoms with Crippen molar-refractivity contribution >= 4 is 0 Å². The summed E-state index contributed by atoms with van der Waals surface area (Å²) >= 11 is 0. The van der Waals surface area contributed by atoms with Crippen molar-refractivity contribution in [3.05, 3.63) is 59.9 Å². The van der Waals surface area contributed by atoms with Crippen LogP contribution >= 0.6 is 0 Å². The zero-order valence-electron chi connectivity index (χ0n) is 16.3. The van der Waals surface area contributed by atoms with E-state index in [1.54, 1.807) is 0 Å². The van der Waals surface area contributed by atoms with E-state index in [1.165, 1.54) is 24.0 Å². The summed E-state index contributed by atoms with van der Waals surface area (Å²) in [5, 5.41) is 3.61. The first-order valence-electron chi connectivity index (χ1n) is 9.58. The second-order valence-electron chi connectivity index (χ2n) is 7.69. The van der Waals surface area contributed by atoms with Crippen LogP contribution in [-0.4, -0.2) is 6.04 Å². The zero-order chi connectivity index (χ0) is 18.4. The molecule has 3 unspecified atom stereocenters. The number of terminal acetylenes is 1. The topological polar surface area (TPSA) is 12.0 Å². The van der Waals surface area contributed by atoms with Crippen molar-refractivity contribution in [1.82, 2.24) is 5.32 Å². The molecular weight excluding hydrogens is 302 g/mol. The van der Waals surface area contributed by atoms with Crippen LogP contribution in [0.4, 0.5) is 0 Å². The minimum absolute atomic E-state index is 0.357. The Morgan fingerprint density at radius 2 is 2.12 bits per heavy atom. The zero-order valence-corrected chi connectivity index (χ0v) is 16.3. The van der Waals surface area contributed by atoms with Crippen LogP contribution in [0, 0.1) is 36.0 Å². The Hall–Kier alpha value is -1.94. The largest absolute Gasteiger partial charge is 0.384 e. The number of hydrogen-bond donors (Lipinski definition) is 1. The Morgan fingerprint density at radius 1 is 1.40 bits per heavy atom. The Bertz CT molecular complexity index is 633. The van der Waals surface area contributed by atoms with Crippen LogP contribution in [0.3, 0.4) is 0 Å². The van der Waals surface area contributed by atoms with Gasteiger partial charge in [0.2, 0.25) is 0 Å². The minimum Gasteiger partial charge on any atom is -0.384 e. The summed E-state index contributed by atoms with van der Waals surface area (Å²) in [4.78, 5) is 0. The van der Waals surface area contributed by atoms with E-state index in [0.717, 1.165) is 17.9 Å². The number of allylic oxidation sites excluding steroid dienone is 7. The molecule has 2 aliphatic rings. The predicted octanol–water partition coefficient (Wildman–Crippen LogP) is 5.80. The highest BCUT2D eigenvalue weighted by Crippen LogP contribution is 2.38. The van der Waals surface area contributed by atoms with Gasteiger partial charge in [0.25, 0.3) is 0 Å². The van der Waals surface area contributed by atoms with Crippen molar-refractivity contribution in [1.29, 1.82) is 0 Å². The summed E-state index contributed by atoms with van der Waals surface area (Å²) in [6.45, 7) is 12.8. The molecule has 0 aromatic carbocycles. The van der Waals surface area contributed by atoms with Gasteiger partial charge in [0.1, 0.15) is 0 Å². The molecule has 0 radical (unpaired) electrons. The van der Waals surface area contributed by atoms with Crippen LogP contribution in [0.5, 0.6) is 0 Å². The Morgan fingerprint density at radius 3 is 2.64 bits per heavy atom. The second kappa shape index (κ2) is 8.95. The Balaban J connectivity index is 2.01. The van der Waals surface area contributed by atoms with E-state index < -0.39 is 0 Å². The van der Waals surface area contributed by atoms with Gasteiger partial charge >= 0.3 is 0 Å². The molecule has 0 saturated heterocycles. The van der Waals surface area contributed by atoms with E-state index >= 15 is 0 Å². The Labute approximate surface area is 154 Å². The van der Waals surface area contributed by atoms with E-state index in [-0.39, 0.29) is 0 Å². The fourth-order valence-corrected chi connectivity index (χ4v) is 3.45. The summed E-state index contributed by atoms with van der Waals surface area (Å²) in [5.74, 6) is 5.09. The first-order valence-corrected chi connectivity index (χ1v) is 9.58. The van der Waals surface area contributed by atoms with Crippen molar-refractivity contribution in [2.45, 2.75) is 53.0 Å². The van der Waals surface area contributed by atoms with Gasteiger partial charge in [0.05, 0.1) is 0 Å². The van der Waals surface area contributed by atoms with Crippen LogP contribution in [0.15, 0.2) is 59.9 Å². The summed E-state index contributed by atoms with van der Waals surface area (Å²) in [6, 6.07) is 0.386. The van der Waals surface area contributed by atoms with Gasteiger partial charge in [-0.25, -0.2) is 0 Å². The van der Waals surface area contributed by atoms with Gasteiger partial charge in [-0.2, -0.15) is 0 Å². The molecule has 0 spiro atoms. The van der Waals surface area contributed by atoms with Gasteiger partial charge in [-0.1, -0.05) is 56.6 Å². The van der Waals surface area contributed by atoms with E-state index in [1.807, 2.05) is 6.08 Å². The lowest BCUT2D eigenvalue weighted by Gasteiger charge is -2.33. The molecular formula is C24H33N. The number of hydrogen-bond acceptors (Lipinski definition) is 1. The highest BCUT2D eigenvalue weighted by atomic mass is 14.9. The van der Waals surface area contributed by atoms with Crippen LogP contribution in [0.25, 0.3) is 0 Å². The van der Waals surface area contributed by atoms with Gasteiger partial charge in [-0.05, 0) is 61.5 Å². The average molecular weight is 336 g/mol. The third-order valence-corrected chi connectivity index (χ3v) is 5.82. The maximum absolute atomic E-state index is 5.82. The molecule has 4 atom stereocenters. The van der Waals surface area contributed by atoms with Gasteiger partial charge in [-0.3, -0.25) is 0 Å². The van der Waals surface area contributed by atoms with Gasteiger partial charge < -0.3 is 5.32 Å². The van der Waals surface area contributed by atoms with Gasteiger partial charge in [-0.15, -0.1) is 13.0 Å². The van der Waals surface area contributed by atoms with E-state index in [2.05, 4.69) is 76.0 Å². The number of nitrogens with one attached hydrogen (secondary N) is 1. The summed E-state index contributed by atoms with van der Waals surface area (Å²) in [7, 11) is 0. The molecule has 25 heavy (non-hydrogen) atoms. The molecule has 1 N–H and O–H groups in total. The molecule has 1 fully saturated rings. The molecule has 1 saturated carbocycles. The molecule has 134 valence electrons. The third kappa shape index (κ3) is 5.27. The van der Waals surface area contributed by atoms with Crippen molar-refractivity contribution in [2.75, 3.05) is 0 Å². The van der Waals surface area contributed by atoms with Crippen molar-refractivity contribution < 1.29 is 0 Å². The SMILES string of the molecule is C#C/C(=C\C(C)=C/CC=C)C(C)[C@@H](C)C(C)C1C=CC(C2CC2)=CN1. The Kier molecular flexibility index (Phi) is 6.94. The quantitative estimate of drug-likeness (QED) is 0.336. The molecule has 0 aromatic heterocycles. The lowest BCUT2D eigenvalue weighted by molar-refractivity contribution is 0.277. The first-order chi connectivity index (χ1) is 12.0. The predicted molar refractivity (Wildman–Crippen MR) is 110 cm³/mol. The van der Waals surface area contributed by atoms with Crippen LogP contribution in [-0.2, 0) is 0 Å². The molecule has 1 aliphatic carbocycles. The highest BCUT2D eigenvalue weighted by Gasteiger charge is 2.30. The molecule has 0 aromatic rings. The maximum atomic E-state index is 5.82. The van der Waals surface area contributed by atoms with Crippen molar-refractivity contribution in [2.24, 2.45) is 23.7 Å². The first kappa shape index (κ1) is 19.4. The van der Waals surface area contributed by atoms with Gasteiger partial charge in [0, 0.05) is 17.8 Å². The van der Waals surface area contributed by atoms with E-state index in [0.29, 0.717) is 23.8 Å². The van der Waals surface area contributed by atoms with Gasteiger partial charge in [0.15, 0.2) is 0 Å². The molecule has 1 heterocycles. The highest BCUT2D eigenvalue weighted by molar-refractivity contribution is 5.36. The maximum Gasteiger partial charge on any atom is 0.0470 e. The van der Waals surface area contributed by atoms with Crippen molar-refractivity contribution in [3.63, 3.8) is 0 Å². The fraction of sp³-hybridized carbons (Fsp3) is 0.500. The third-order valence-electron chi connectivity index (χ3n) is 5.82. The average Bonchev–Trinajstić information content (AvgIpc) is 3.48. The fourth-order valence-electron chi connectivity index (χ4n) is 3.45. The monoisotopic (exact) mass is 335 g/mol.